The SMILES string of the molecule is CCOP(=O)(CCc1ccccc1)C[C@H]1CCC(=O)N2CCC[C@@H](C(=O)OC)N2C1=O. The smallest absolute Gasteiger partial charge is 0.330 e. The Kier molecular flexibility index (Phi) is 7.89. The molecule has 1 aromatic rings. The Morgan fingerprint density at radius 1 is 1.19 bits per heavy atom. The van der Waals surface area contributed by atoms with Gasteiger partial charge in [-0.25, -0.2) is 9.80 Å². The van der Waals surface area contributed by atoms with Gasteiger partial charge in [0.05, 0.1) is 13.7 Å². The Morgan fingerprint density at radius 3 is 2.61 bits per heavy atom. The van der Waals surface area contributed by atoms with Crippen LogP contribution in [0.5, 0.6) is 0 Å². The van der Waals surface area contributed by atoms with Crippen LogP contribution < -0.4 is 0 Å². The van der Waals surface area contributed by atoms with Gasteiger partial charge in [-0.3, -0.25) is 19.2 Å². The van der Waals surface area contributed by atoms with Gasteiger partial charge in [0, 0.05) is 31.2 Å². The second-order valence-corrected chi connectivity index (χ2v) is 10.7. The fourth-order valence-corrected chi connectivity index (χ4v) is 6.83. The first-order chi connectivity index (χ1) is 14.9. The molecule has 0 aliphatic carbocycles. The number of hydrogen-bond donors (Lipinski definition) is 0. The zero-order chi connectivity index (χ0) is 22.4. The molecule has 0 N–H and O–H groups in total. The van der Waals surface area contributed by atoms with Crippen molar-refractivity contribution in [2.24, 2.45) is 5.92 Å². The Bertz CT molecular complexity index is 846. The molecule has 9 heteroatoms. The maximum absolute atomic E-state index is 13.6. The van der Waals surface area contributed by atoms with Crippen molar-refractivity contribution in [2.75, 3.05) is 32.6 Å². The molecule has 170 valence electrons. The van der Waals surface area contributed by atoms with E-state index in [2.05, 4.69) is 0 Å². The number of benzene rings is 1. The fourth-order valence-electron chi connectivity index (χ4n) is 4.33. The first kappa shape index (κ1) is 23.5. The van der Waals surface area contributed by atoms with Crippen molar-refractivity contribution in [3.05, 3.63) is 35.9 Å². The van der Waals surface area contributed by atoms with Crippen LogP contribution in [-0.2, 0) is 34.6 Å². The fraction of sp³-hybridized carbons (Fsp3) is 0.591. The third-order valence-corrected chi connectivity index (χ3v) is 8.52. The van der Waals surface area contributed by atoms with Crippen LogP contribution in [0.15, 0.2) is 30.3 Å². The number of methoxy groups -OCH3 is 1. The van der Waals surface area contributed by atoms with Crippen LogP contribution in [-0.4, -0.2) is 66.4 Å². The van der Waals surface area contributed by atoms with Crippen molar-refractivity contribution >= 4 is 25.2 Å². The highest BCUT2D eigenvalue weighted by Gasteiger charge is 2.46. The van der Waals surface area contributed by atoms with Crippen LogP contribution in [0.4, 0.5) is 0 Å². The van der Waals surface area contributed by atoms with Gasteiger partial charge < -0.3 is 9.26 Å². The largest absolute Gasteiger partial charge is 0.467 e. The van der Waals surface area contributed by atoms with Crippen molar-refractivity contribution in [1.82, 2.24) is 10.0 Å². The van der Waals surface area contributed by atoms with Crippen LogP contribution in [0.25, 0.3) is 0 Å². The second-order valence-electron chi connectivity index (χ2n) is 7.99. The van der Waals surface area contributed by atoms with E-state index in [0.29, 0.717) is 38.4 Å². The van der Waals surface area contributed by atoms with Gasteiger partial charge in [-0.2, -0.15) is 0 Å². The molecule has 31 heavy (non-hydrogen) atoms. The van der Waals surface area contributed by atoms with Gasteiger partial charge in [0.1, 0.15) is 0 Å². The number of esters is 1. The molecular weight excluding hydrogens is 419 g/mol. The number of hydrazine groups is 1. The van der Waals surface area contributed by atoms with Gasteiger partial charge in [-0.05, 0) is 38.2 Å². The molecule has 2 fully saturated rings. The van der Waals surface area contributed by atoms with Crippen LogP contribution in [0.1, 0.15) is 38.2 Å². The highest BCUT2D eigenvalue weighted by molar-refractivity contribution is 7.59. The van der Waals surface area contributed by atoms with Gasteiger partial charge in [-0.15, -0.1) is 0 Å². The number of ether oxygens (including phenoxy) is 1. The number of carbonyl (C=O) groups excluding carboxylic acids is 3. The van der Waals surface area contributed by atoms with E-state index < -0.39 is 25.3 Å². The number of rotatable bonds is 8. The van der Waals surface area contributed by atoms with Gasteiger partial charge in [0.15, 0.2) is 6.04 Å². The summed E-state index contributed by atoms with van der Waals surface area (Å²) in [4.78, 5) is 38.4. The molecule has 0 spiro atoms. The predicted molar refractivity (Wildman–Crippen MR) is 115 cm³/mol. The van der Waals surface area contributed by atoms with Crippen molar-refractivity contribution in [2.45, 2.75) is 45.1 Å². The number of amides is 2. The summed E-state index contributed by atoms with van der Waals surface area (Å²) in [6, 6.07) is 8.90. The molecule has 0 bridgehead atoms. The van der Waals surface area contributed by atoms with E-state index in [4.69, 9.17) is 9.26 Å². The third kappa shape index (κ3) is 5.55. The number of nitrogens with zero attached hydrogens (tertiary/aromatic N) is 2. The summed E-state index contributed by atoms with van der Waals surface area (Å²) in [7, 11) is -1.85. The molecule has 2 heterocycles. The summed E-state index contributed by atoms with van der Waals surface area (Å²) in [6.07, 6.45) is 2.50. The van der Waals surface area contributed by atoms with E-state index in [1.807, 2.05) is 30.3 Å². The lowest BCUT2D eigenvalue weighted by atomic mass is 10.0. The van der Waals surface area contributed by atoms with Crippen LogP contribution in [0.2, 0.25) is 0 Å². The Labute approximate surface area is 183 Å². The van der Waals surface area contributed by atoms with E-state index in [0.717, 1.165) is 5.56 Å². The Morgan fingerprint density at radius 2 is 1.94 bits per heavy atom. The van der Waals surface area contributed by atoms with Crippen LogP contribution in [0, 0.1) is 5.92 Å². The quantitative estimate of drug-likeness (QED) is 0.447. The number of carbonyl (C=O) groups is 3. The molecule has 0 aromatic heterocycles. The topological polar surface area (TPSA) is 93.2 Å². The lowest BCUT2D eigenvalue weighted by Gasteiger charge is -2.42. The summed E-state index contributed by atoms with van der Waals surface area (Å²) >= 11 is 0. The molecule has 1 aromatic carbocycles. The van der Waals surface area contributed by atoms with E-state index in [9.17, 15) is 18.9 Å². The maximum Gasteiger partial charge on any atom is 0.330 e. The molecule has 2 aliphatic rings. The van der Waals surface area contributed by atoms with Gasteiger partial charge >= 0.3 is 5.97 Å². The van der Waals surface area contributed by atoms with Crippen molar-refractivity contribution in [3.63, 3.8) is 0 Å². The minimum Gasteiger partial charge on any atom is -0.467 e. The lowest BCUT2D eigenvalue weighted by molar-refractivity contribution is -0.182. The number of hydrogen-bond acceptors (Lipinski definition) is 6. The molecule has 2 aliphatic heterocycles. The van der Waals surface area contributed by atoms with Gasteiger partial charge in [0.2, 0.25) is 19.2 Å². The zero-order valence-electron chi connectivity index (χ0n) is 18.2. The molecule has 0 saturated carbocycles. The molecule has 1 unspecified atom stereocenters. The summed E-state index contributed by atoms with van der Waals surface area (Å²) in [5.41, 5.74) is 1.05. The molecule has 0 radical (unpaired) electrons. The number of aryl methyl sites for hydroxylation is 1. The normalized spacial score (nSPS) is 23.7. The van der Waals surface area contributed by atoms with Crippen molar-refractivity contribution in [3.8, 4) is 0 Å². The standard InChI is InChI=1S/C22H31N2O6P/c1-3-30-31(28,15-13-17-8-5-4-6-9-17)16-18-11-12-20(25)23-14-7-10-19(22(27)29-2)24(23)21(18)26/h4-6,8-9,18-19H,3,7,10-16H2,1-2H3/t18-,19+,31?/m1/s1. The average molecular weight is 450 g/mol. The Balaban J connectivity index is 1.80. The zero-order valence-corrected chi connectivity index (χ0v) is 19.1. The summed E-state index contributed by atoms with van der Waals surface area (Å²) in [5.74, 6) is -1.73. The molecule has 3 rings (SSSR count). The molecular formula is C22H31N2O6P. The van der Waals surface area contributed by atoms with Gasteiger partial charge in [-0.1, -0.05) is 30.3 Å². The lowest BCUT2D eigenvalue weighted by Crippen LogP contribution is -2.60. The van der Waals surface area contributed by atoms with Crippen LogP contribution >= 0.6 is 7.37 Å². The number of fused-ring (bicyclic) bond motifs is 1. The Hall–Kier alpha value is -2.18. The molecule has 3 atom stereocenters. The summed E-state index contributed by atoms with van der Waals surface area (Å²) < 4.78 is 24.2. The highest BCUT2D eigenvalue weighted by Crippen LogP contribution is 2.50. The minimum atomic E-state index is -3.12. The average Bonchev–Trinajstić information content (AvgIpc) is 2.90. The van der Waals surface area contributed by atoms with E-state index in [-0.39, 0.29) is 31.0 Å². The monoisotopic (exact) mass is 450 g/mol. The maximum atomic E-state index is 13.6. The first-order valence-electron chi connectivity index (χ1n) is 10.9. The van der Waals surface area contributed by atoms with Crippen molar-refractivity contribution in [1.29, 1.82) is 0 Å². The van der Waals surface area contributed by atoms with Crippen molar-refractivity contribution < 1.29 is 28.2 Å². The summed E-state index contributed by atoms with van der Waals surface area (Å²) in [5, 5.41) is 2.64. The predicted octanol–water partition coefficient (Wildman–Crippen LogP) is 2.86. The first-order valence-corrected chi connectivity index (χ1v) is 12.9. The second kappa shape index (κ2) is 10.4. The molecule has 2 saturated heterocycles. The molecule has 8 nitrogen and oxygen atoms in total. The molecule has 2 amide bonds. The van der Waals surface area contributed by atoms with Gasteiger partial charge in [0.25, 0.3) is 0 Å². The third-order valence-electron chi connectivity index (χ3n) is 5.89. The highest BCUT2D eigenvalue weighted by atomic mass is 31.2. The van der Waals surface area contributed by atoms with Crippen LogP contribution in [0.3, 0.4) is 0 Å². The van der Waals surface area contributed by atoms with E-state index >= 15 is 0 Å². The van der Waals surface area contributed by atoms with E-state index in [1.165, 1.54) is 17.1 Å². The summed E-state index contributed by atoms with van der Waals surface area (Å²) in [6.45, 7) is 2.46. The minimum absolute atomic E-state index is 0.0675. The van der Waals surface area contributed by atoms with E-state index in [1.54, 1.807) is 6.92 Å².